The zero-order valence-electron chi connectivity index (χ0n) is 15.8. The molecule has 0 aromatic heterocycles. The van der Waals surface area contributed by atoms with Crippen LogP contribution in [0.5, 0.6) is 0 Å². The molecule has 1 amide bonds. The molecule has 1 aliphatic heterocycles. The number of hydrogen-bond donors (Lipinski definition) is 0. The van der Waals surface area contributed by atoms with Gasteiger partial charge in [-0.15, -0.1) is 0 Å². The fourth-order valence-corrected chi connectivity index (χ4v) is 3.46. The maximum Gasteiger partial charge on any atom is 0.267 e. The van der Waals surface area contributed by atoms with E-state index in [9.17, 15) is 4.79 Å². The molecular formula is C25H22N2O. The van der Waals surface area contributed by atoms with Gasteiger partial charge in [-0.3, -0.25) is 4.79 Å². The fourth-order valence-electron chi connectivity index (χ4n) is 3.46. The standard InChI is InChI=1S/C25H22N2O/c1-19-9-8-14-22(17-19)24-18-23(21-12-6-3-7-13-21)26-27(24)25(28)16-15-20-10-4-2-5-11-20/h2-17,24H,18H2,1H3. The van der Waals surface area contributed by atoms with Crippen molar-refractivity contribution >= 4 is 17.7 Å². The monoisotopic (exact) mass is 366 g/mol. The lowest BCUT2D eigenvalue weighted by Crippen LogP contribution is -2.25. The predicted molar refractivity (Wildman–Crippen MR) is 114 cm³/mol. The Kier molecular flexibility index (Phi) is 5.16. The summed E-state index contributed by atoms with van der Waals surface area (Å²) in [7, 11) is 0. The first-order chi connectivity index (χ1) is 13.7. The first-order valence-electron chi connectivity index (χ1n) is 9.46. The third-order valence-corrected chi connectivity index (χ3v) is 4.89. The SMILES string of the molecule is Cc1cccc(C2CC(c3ccccc3)=NN2C(=O)C=Cc2ccccc2)c1. The van der Waals surface area contributed by atoms with Crippen molar-refractivity contribution in [2.75, 3.05) is 0 Å². The summed E-state index contributed by atoms with van der Waals surface area (Å²) >= 11 is 0. The Hall–Kier alpha value is -3.46. The second-order valence-corrected chi connectivity index (χ2v) is 6.97. The predicted octanol–water partition coefficient (Wildman–Crippen LogP) is 5.39. The molecule has 138 valence electrons. The maximum absolute atomic E-state index is 13.0. The molecular weight excluding hydrogens is 344 g/mol. The van der Waals surface area contributed by atoms with Gasteiger partial charge in [0.1, 0.15) is 0 Å². The lowest BCUT2D eigenvalue weighted by atomic mass is 9.97. The Morgan fingerprint density at radius 2 is 1.68 bits per heavy atom. The summed E-state index contributed by atoms with van der Waals surface area (Å²) in [6.45, 7) is 2.07. The number of hydrazone groups is 1. The zero-order chi connectivity index (χ0) is 19.3. The van der Waals surface area contributed by atoms with Crippen LogP contribution in [0.25, 0.3) is 6.08 Å². The van der Waals surface area contributed by atoms with Crippen molar-refractivity contribution in [3.05, 3.63) is 113 Å². The molecule has 1 unspecified atom stereocenters. The van der Waals surface area contributed by atoms with Crippen LogP contribution in [0, 0.1) is 6.92 Å². The first-order valence-corrected chi connectivity index (χ1v) is 9.46. The van der Waals surface area contributed by atoms with Crippen LogP contribution in [0.4, 0.5) is 0 Å². The van der Waals surface area contributed by atoms with Crippen molar-refractivity contribution in [2.24, 2.45) is 5.10 Å². The van der Waals surface area contributed by atoms with Gasteiger partial charge in [0.05, 0.1) is 11.8 Å². The van der Waals surface area contributed by atoms with E-state index >= 15 is 0 Å². The summed E-state index contributed by atoms with van der Waals surface area (Å²) in [6.07, 6.45) is 4.15. The topological polar surface area (TPSA) is 32.7 Å². The Labute approximate surface area is 165 Å². The normalized spacial score (nSPS) is 16.4. The minimum atomic E-state index is -0.110. The Balaban J connectivity index is 1.65. The number of carbonyl (C=O) groups is 1. The summed E-state index contributed by atoms with van der Waals surface area (Å²) in [6, 6.07) is 28.1. The third-order valence-electron chi connectivity index (χ3n) is 4.89. The van der Waals surface area contributed by atoms with E-state index in [2.05, 4.69) is 25.1 Å². The molecule has 1 aliphatic rings. The van der Waals surface area contributed by atoms with E-state index in [-0.39, 0.29) is 11.9 Å². The average Bonchev–Trinajstić information content (AvgIpc) is 3.19. The molecule has 3 aromatic carbocycles. The van der Waals surface area contributed by atoms with Gasteiger partial charge < -0.3 is 0 Å². The number of nitrogens with zero attached hydrogens (tertiary/aromatic N) is 2. The first kappa shape index (κ1) is 17.9. The second kappa shape index (κ2) is 8.05. The van der Waals surface area contributed by atoms with Crippen LogP contribution < -0.4 is 0 Å². The minimum Gasteiger partial charge on any atom is -0.268 e. The van der Waals surface area contributed by atoms with Crippen LogP contribution >= 0.6 is 0 Å². The molecule has 0 radical (unpaired) electrons. The highest BCUT2D eigenvalue weighted by molar-refractivity contribution is 6.04. The molecule has 0 spiro atoms. The van der Waals surface area contributed by atoms with Crippen molar-refractivity contribution in [3.8, 4) is 0 Å². The lowest BCUT2D eigenvalue weighted by Gasteiger charge is -2.21. The van der Waals surface area contributed by atoms with Gasteiger partial charge in [0.15, 0.2) is 0 Å². The molecule has 1 atom stereocenters. The van der Waals surface area contributed by atoms with Gasteiger partial charge in [0.25, 0.3) is 5.91 Å². The van der Waals surface area contributed by atoms with Crippen molar-refractivity contribution in [3.63, 3.8) is 0 Å². The average molecular weight is 366 g/mol. The summed E-state index contributed by atoms with van der Waals surface area (Å²) < 4.78 is 0. The highest BCUT2D eigenvalue weighted by Crippen LogP contribution is 2.33. The van der Waals surface area contributed by atoms with E-state index in [1.165, 1.54) is 5.56 Å². The fraction of sp³-hybridized carbons (Fsp3) is 0.120. The number of rotatable bonds is 4. The summed E-state index contributed by atoms with van der Waals surface area (Å²) in [5.41, 5.74) is 5.28. The van der Waals surface area contributed by atoms with Crippen LogP contribution in [-0.4, -0.2) is 16.6 Å². The lowest BCUT2D eigenvalue weighted by molar-refractivity contribution is -0.127. The molecule has 0 aliphatic carbocycles. The molecule has 1 heterocycles. The van der Waals surface area contributed by atoms with E-state index in [0.717, 1.165) is 22.4 Å². The van der Waals surface area contributed by atoms with E-state index in [0.29, 0.717) is 6.42 Å². The Bertz CT molecular complexity index is 1020. The molecule has 0 N–H and O–H groups in total. The van der Waals surface area contributed by atoms with Gasteiger partial charge in [-0.05, 0) is 29.7 Å². The van der Waals surface area contributed by atoms with Gasteiger partial charge in [-0.1, -0.05) is 90.5 Å². The van der Waals surface area contributed by atoms with Gasteiger partial charge >= 0.3 is 0 Å². The van der Waals surface area contributed by atoms with Gasteiger partial charge in [-0.25, -0.2) is 5.01 Å². The number of hydrogen-bond acceptors (Lipinski definition) is 2. The number of benzene rings is 3. The number of aryl methyl sites for hydroxylation is 1. The van der Waals surface area contributed by atoms with E-state index in [4.69, 9.17) is 5.10 Å². The highest BCUT2D eigenvalue weighted by Gasteiger charge is 2.32. The third kappa shape index (κ3) is 3.94. The van der Waals surface area contributed by atoms with Crippen molar-refractivity contribution < 1.29 is 4.79 Å². The number of carbonyl (C=O) groups excluding carboxylic acids is 1. The van der Waals surface area contributed by atoms with Crippen molar-refractivity contribution in [1.29, 1.82) is 0 Å². The van der Waals surface area contributed by atoms with Crippen molar-refractivity contribution in [2.45, 2.75) is 19.4 Å². The van der Waals surface area contributed by atoms with Crippen LogP contribution in [0.15, 0.2) is 96.1 Å². The van der Waals surface area contributed by atoms with Gasteiger partial charge in [0, 0.05) is 12.5 Å². The molecule has 0 fully saturated rings. The van der Waals surface area contributed by atoms with E-state index in [1.54, 1.807) is 11.1 Å². The highest BCUT2D eigenvalue weighted by atomic mass is 16.2. The summed E-state index contributed by atoms with van der Waals surface area (Å²) in [4.78, 5) is 13.0. The van der Waals surface area contributed by atoms with Crippen LogP contribution in [0.3, 0.4) is 0 Å². The van der Waals surface area contributed by atoms with Crippen LogP contribution in [0.2, 0.25) is 0 Å². The van der Waals surface area contributed by atoms with Crippen molar-refractivity contribution in [1.82, 2.24) is 5.01 Å². The smallest absolute Gasteiger partial charge is 0.267 e. The minimum absolute atomic E-state index is 0.0944. The van der Waals surface area contributed by atoms with Gasteiger partial charge in [-0.2, -0.15) is 5.10 Å². The van der Waals surface area contributed by atoms with Crippen LogP contribution in [0.1, 0.15) is 34.7 Å². The van der Waals surface area contributed by atoms with E-state index in [1.807, 2.05) is 72.8 Å². The maximum atomic E-state index is 13.0. The van der Waals surface area contributed by atoms with E-state index < -0.39 is 0 Å². The van der Waals surface area contributed by atoms with Crippen LogP contribution in [-0.2, 0) is 4.79 Å². The summed E-state index contributed by atoms with van der Waals surface area (Å²) in [5, 5.41) is 6.33. The molecule has 0 bridgehead atoms. The second-order valence-electron chi connectivity index (χ2n) is 6.97. The Morgan fingerprint density at radius 1 is 0.964 bits per heavy atom. The molecule has 0 saturated carbocycles. The summed E-state index contributed by atoms with van der Waals surface area (Å²) in [5.74, 6) is -0.110. The molecule has 28 heavy (non-hydrogen) atoms. The Morgan fingerprint density at radius 3 is 2.39 bits per heavy atom. The molecule has 4 rings (SSSR count). The molecule has 3 aromatic rings. The molecule has 3 nitrogen and oxygen atoms in total. The molecule has 3 heteroatoms. The quantitative estimate of drug-likeness (QED) is 0.570. The van der Waals surface area contributed by atoms with Gasteiger partial charge in [0.2, 0.25) is 0 Å². The zero-order valence-corrected chi connectivity index (χ0v) is 15.8. The number of amides is 1. The molecule has 0 saturated heterocycles. The largest absolute Gasteiger partial charge is 0.268 e.